The topological polar surface area (TPSA) is 24.9 Å². The summed E-state index contributed by atoms with van der Waals surface area (Å²) in [6, 6.07) is 5.93. The van der Waals surface area contributed by atoms with Gasteiger partial charge in [-0.05, 0) is 45.8 Å². The molecule has 1 aliphatic rings. The average molecular weight is 255 g/mol. The van der Waals surface area contributed by atoms with Crippen LogP contribution in [0.1, 0.15) is 20.3 Å². The van der Waals surface area contributed by atoms with Gasteiger partial charge in [0.15, 0.2) is 0 Å². The van der Waals surface area contributed by atoms with Crippen LogP contribution < -0.4 is 5.32 Å². The number of anilines is 1. The highest BCUT2D eigenvalue weighted by molar-refractivity contribution is 9.10. The number of nitrogens with one attached hydrogen (secondary N) is 1. The lowest BCUT2D eigenvalue weighted by Gasteiger charge is -2.06. The molecule has 1 N–H and O–H groups in total. The number of rotatable bonds is 3. The molecule has 1 aliphatic carbocycles. The van der Waals surface area contributed by atoms with Crippen molar-refractivity contribution in [2.45, 2.75) is 20.3 Å². The molecule has 0 spiro atoms. The molecule has 0 bridgehead atoms. The molecule has 1 atom stereocenters. The molecule has 14 heavy (non-hydrogen) atoms. The lowest BCUT2D eigenvalue weighted by atomic mass is 10.1. The number of halogens is 1. The maximum atomic E-state index is 4.33. The molecule has 2 rings (SSSR count). The van der Waals surface area contributed by atoms with Crippen molar-refractivity contribution in [3.05, 3.63) is 22.8 Å². The molecule has 0 radical (unpaired) electrons. The summed E-state index contributed by atoms with van der Waals surface area (Å²) >= 11 is 3.36. The standard InChI is InChI=1S/C11H15BrN2/c1-11(2)6-8(11)7-13-10-5-3-4-9(12)14-10/h3-5,8H,6-7H2,1-2H3,(H,13,14). The van der Waals surface area contributed by atoms with Gasteiger partial charge in [-0.1, -0.05) is 19.9 Å². The van der Waals surface area contributed by atoms with E-state index in [0.717, 1.165) is 22.9 Å². The molecule has 1 unspecified atom stereocenters. The van der Waals surface area contributed by atoms with Crippen molar-refractivity contribution in [1.82, 2.24) is 4.98 Å². The summed E-state index contributed by atoms with van der Waals surface area (Å²) in [7, 11) is 0. The zero-order valence-electron chi connectivity index (χ0n) is 8.55. The molecule has 0 saturated heterocycles. The fraction of sp³-hybridized carbons (Fsp3) is 0.545. The molecule has 2 nitrogen and oxygen atoms in total. The molecular weight excluding hydrogens is 240 g/mol. The lowest BCUT2D eigenvalue weighted by molar-refractivity contribution is 0.573. The van der Waals surface area contributed by atoms with E-state index in [4.69, 9.17) is 0 Å². The SMILES string of the molecule is CC1(C)CC1CNc1cccc(Br)n1. The maximum Gasteiger partial charge on any atom is 0.127 e. The van der Waals surface area contributed by atoms with E-state index in [0.29, 0.717) is 5.41 Å². The fourth-order valence-corrected chi connectivity index (χ4v) is 2.00. The van der Waals surface area contributed by atoms with Gasteiger partial charge in [-0.3, -0.25) is 0 Å². The van der Waals surface area contributed by atoms with Crippen LogP contribution in [0, 0.1) is 11.3 Å². The quantitative estimate of drug-likeness (QED) is 0.838. The molecule has 1 heterocycles. The third kappa shape index (κ3) is 2.27. The molecule has 0 aliphatic heterocycles. The van der Waals surface area contributed by atoms with Crippen molar-refractivity contribution >= 4 is 21.7 Å². The molecule has 3 heteroatoms. The zero-order valence-corrected chi connectivity index (χ0v) is 10.1. The minimum atomic E-state index is 0.541. The Labute approximate surface area is 93.3 Å². The van der Waals surface area contributed by atoms with Crippen molar-refractivity contribution < 1.29 is 0 Å². The monoisotopic (exact) mass is 254 g/mol. The fourth-order valence-electron chi connectivity index (χ4n) is 1.66. The molecule has 1 aromatic rings. The van der Waals surface area contributed by atoms with E-state index in [1.165, 1.54) is 6.42 Å². The van der Waals surface area contributed by atoms with Crippen LogP contribution in [0.2, 0.25) is 0 Å². The third-order valence-corrected chi connectivity index (χ3v) is 3.40. The van der Waals surface area contributed by atoms with Gasteiger partial charge in [0.2, 0.25) is 0 Å². The van der Waals surface area contributed by atoms with Gasteiger partial charge in [-0.2, -0.15) is 0 Å². The second kappa shape index (κ2) is 3.54. The summed E-state index contributed by atoms with van der Waals surface area (Å²) in [5.41, 5.74) is 0.541. The van der Waals surface area contributed by atoms with Gasteiger partial charge in [0.1, 0.15) is 10.4 Å². The van der Waals surface area contributed by atoms with E-state index < -0.39 is 0 Å². The molecule has 1 aromatic heterocycles. The summed E-state index contributed by atoms with van der Waals surface area (Å²) in [4.78, 5) is 4.33. The van der Waals surface area contributed by atoms with Crippen LogP contribution in [0.5, 0.6) is 0 Å². The van der Waals surface area contributed by atoms with Crippen molar-refractivity contribution in [1.29, 1.82) is 0 Å². The normalized spacial score (nSPS) is 23.2. The summed E-state index contributed by atoms with van der Waals surface area (Å²) in [5, 5.41) is 3.36. The largest absolute Gasteiger partial charge is 0.370 e. The first-order valence-corrected chi connectivity index (χ1v) is 5.74. The Balaban J connectivity index is 1.87. The highest BCUT2D eigenvalue weighted by Crippen LogP contribution is 2.51. The van der Waals surface area contributed by atoms with E-state index in [1.54, 1.807) is 0 Å². The van der Waals surface area contributed by atoms with Crippen LogP contribution in [0.3, 0.4) is 0 Å². The summed E-state index contributed by atoms with van der Waals surface area (Å²) < 4.78 is 0.887. The Kier molecular flexibility index (Phi) is 2.52. The minimum absolute atomic E-state index is 0.541. The highest BCUT2D eigenvalue weighted by Gasteiger charge is 2.44. The Hall–Kier alpha value is -0.570. The van der Waals surface area contributed by atoms with Crippen LogP contribution in [-0.4, -0.2) is 11.5 Å². The smallest absolute Gasteiger partial charge is 0.127 e. The van der Waals surface area contributed by atoms with Gasteiger partial charge in [0.05, 0.1) is 0 Å². The Morgan fingerprint density at radius 2 is 2.29 bits per heavy atom. The van der Waals surface area contributed by atoms with Gasteiger partial charge in [0, 0.05) is 6.54 Å². The second-order valence-corrected chi connectivity index (χ2v) is 5.43. The molecular formula is C11H15BrN2. The Bertz CT molecular complexity index is 336. The highest BCUT2D eigenvalue weighted by atomic mass is 79.9. The van der Waals surface area contributed by atoms with Crippen LogP contribution >= 0.6 is 15.9 Å². The average Bonchev–Trinajstić information content (AvgIpc) is 2.71. The number of pyridine rings is 1. The first-order chi connectivity index (χ1) is 6.58. The van der Waals surface area contributed by atoms with E-state index in [9.17, 15) is 0 Å². The van der Waals surface area contributed by atoms with Crippen LogP contribution in [0.4, 0.5) is 5.82 Å². The lowest BCUT2D eigenvalue weighted by Crippen LogP contribution is -2.08. The van der Waals surface area contributed by atoms with E-state index >= 15 is 0 Å². The van der Waals surface area contributed by atoms with E-state index in [1.807, 2.05) is 18.2 Å². The molecule has 76 valence electrons. The van der Waals surface area contributed by atoms with Crippen LogP contribution in [0.15, 0.2) is 22.8 Å². The Morgan fingerprint density at radius 1 is 1.57 bits per heavy atom. The minimum Gasteiger partial charge on any atom is -0.370 e. The second-order valence-electron chi connectivity index (χ2n) is 4.62. The van der Waals surface area contributed by atoms with Crippen LogP contribution in [-0.2, 0) is 0 Å². The first kappa shape index (κ1) is 9.97. The summed E-state index contributed by atoms with van der Waals surface area (Å²) in [6.45, 7) is 5.66. The number of nitrogens with zero attached hydrogens (tertiary/aromatic N) is 1. The Morgan fingerprint density at radius 3 is 2.86 bits per heavy atom. The van der Waals surface area contributed by atoms with Crippen molar-refractivity contribution in [3.63, 3.8) is 0 Å². The van der Waals surface area contributed by atoms with Crippen molar-refractivity contribution in [3.8, 4) is 0 Å². The molecule has 1 saturated carbocycles. The van der Waals surface area contributed by atoms with Crippen LogP contribution in [0.25, 0.3) is 0 Å². The van der Waals surface area contributed by atoms with E-state index in [2.05, 4.69) is 40.1 Å². The predicted molar refractivity (Wildman–Crippen MR) is 62.3 cm³/mol. The predicted octanol–water partition coefficient (Wildman–Crippen LogP) is 3.30. The molecule has 0 amide bonds. The van der Waals surface area contributed by atoms with Gasteiger partial charge >= 0.3 is 0 Å². The zero-order chi connectivity index (χ0) is 10.2. The number of aromatic nitrogens is 1. The maximum absolute atomic E-state index is 4.33. The third-order valence-electron chi connectivity index (χ3n) is 2.96. The molecule has 0 aromatic carbocycles. The molecule has 1 fully saturated rings. The van der Waals surface area contributed by atoms with Crippen molar-refractivity contribution in [2.75, 3.05) is 11.9 Å². The van der Waals surface area contributed by atoms with E-state index in [-0.39, 0.29) is 0 Å². The summed E-state index contributed by atoms with van der Waals surface area (Å²) in [6.07, 6.45) is 1.33. The number of hydrogen-bond donors (Lipinski definition) is 1. The number of hydrogen-bond acceptors (Lipinski definition) is 2. The first-order valence-electron chi connectivity index (χ1n) is 4.94. The summed E-state index contributed by atoms with van der Waals surface area (Å²) in [5.74, 6) is 1.77. The van der Waals surface area contributed by atoms with Gasteiger partial charge in [-0.15, -0.1) is 0 Å². The van der Waals surface area contributed by atoms with Crippen molar-refractivity contribution in [2.24, 2.45) is 11.3 Å². The van der Waals surface area contributed by atoms with Gasteiger partial charge < -0.3 is 5.32 Å². The van der Waals surface area contributed by atoms with Gasteiger partial charge in [0.25, 0.3) is 0 Å². The van der Waals surface area contributed by atoms with Gasteiger partial charge in [-0.25, -0.2) is 4.98 Å².